The molecule has 1 amide bonds. The lowest BCUT2D eigenvalue weighted by Crippen LogP contribution is -2.33. The highest BCUT2D eigenvalue weighted by molar-refractivity contribution is 5.76. The summed E-state index contributed by atoms with van der Waals surface area (Å²) in [4.78, 5) is 13.6. The molecule has 76 valence electrons. The van der Waals surface area contributed by atoms with Gasteiger partial charge in [0.1, 0.15) is 12.4 Å². The molecule has 4 nitrogen and oxygen atoms in total. The summed E-state index contributed by atoms with van der Waals surface area (Å²) in [6, 6.07) is 0.0532. The van der Waals surface area contributed by atoms with Gasteiger partial charge in [0.15, 0.2) is 0 Å². The van der Waals surface area contributed by atoms with Gasteiger partial charge < -0.3 is 4.90 Å². The summed E-state index contributed by atoms with van der Waals surface area (Å²) in [7, 11) is 3.77. The van der Waals surface area contributed by atoms with Crippen molar-refractivity contribution in [2.24, 2.45) is 13.0 Å². The molecule has 0 aliphatic heterocycles. The van der Waals surface area contributed by atoms with Crippen molar-refractivity contribution in [1.29, 1.82) is 0 Å². The van der Waals surface area contributed by atoms with Crippen LogP contribution in [-0.2, 0) is 7.05 Å². The first-order chi connectivity index (χ1) is 6.66. The normalized spacial score (nSPS) is 15.6. The molecule has 0 atom stereocenters. The smallest absolute Gasteiger partial charge is 0.307 e. The van der Waals surface area contributed by atoms with Crippen LogP contribution in [0.5, 0.6) is 0 Å². The third-order valence-corrected chi connectivity index (χ3v) is 2.55. The number of imidazole rings is 1. The number of aryl methyl sites for hydroxylation is 1. The van der Waals surface area contributed by atoms with Gasteiger partial charge in [0.2, 0.25) is 0 Å². The fourth-order valence-corrected chi connectivity index (χ4v) is 1.53. The van der Waals surface area contributed by atoms with Crippen LogP contribution in [0.15, 0.2) is 18.7 Å². The first-order valence-electron chi connectivity index (χ1n) is 4.95. The Morgan fingerprint density at radius 2 is 2.36 bits per heavy atom. The van der Waals surface area contributed by atoms with Gasteiger partial charge in [-0.3, -0.25) is 0 Å². The Kier molecular flexibility index (Phi) is 2.27. The lowest BCUT2D eigenvalue weighted by Gasteiger charge is -2.12. The van der Waals surface area contributed by atoms with E-state index < -0.39 is 0 Å². The van der Waals surface area contributed by atoms with Gasteiger partial charge in [-0.15, -0.1) is 0 Å². The van der Waals surface area contributed by atoms with Crippen molar-refractivity contribution >= 4 is 6.03 Å². The van der Waals surface area contributed by atoms with Gasteiger partial charge in [0.25, 0.3) is 6.33 Å². The molecule has 0 unspecified atom stereocenters. The Morgan fingerprint density at radius 1 is 1.64 bits per heavy atom. The average Bonchev–Trinajstić information content (AvgIpc) is 2.85. The molecule has 2 rings (SSSR count). The third kappa shape index (κ3) is 1.95. The number of rotatable bonds is 2. The number of carbonyl (C=O) groups is 1. The van der Waals surface area contributed by atoms with Crippen LogP contribution in [-0.4, -0.2) is 29.1 Å². The van der Waals surface area contributed by atoms with Crippen molar-refractivity contribution in [3.8, 4) is 0 Å². The molecule has 1 fully saturated rings. The standard InChI is InChI=1S/C10H16N3O/c1-11-5-6-13(8-11)10(14)12(2)7-9-3-4-9/h5-6,8-9H,3-4,7H2,1-2H3/q+1. The summed E-state index contributed by atoms with van der Waals surface area (Å²) in [6.45, 7) is 0.890. The minimum absolute atomic E-state index is 0.0532. The topological polar surface area (TPSA) is 29.1 Å². The zero-order valence-electron chi connectivity index (χ0n) is 8.68. The van der Waals surface area contributed by atoms with Gasteiger partial charge in [0.05, 0.1) is 7.05 Å². The number of hydrogen-bond acceptors (Lipinski definition) is 1. The molecule has 0 saturated heterocycles. The van der Waals surface area contributed by atoms with Crippen LogP contribution >= 0.6 is 0 Å². The maximum atomic E-state index is 11.8. The van der Waals surface area contributed by atoms with E-state index in [-0.39, 0.29) is 6.03 Å². The fourth-order valence-electron chi connectivity index (χ4n) is 1.53. The van der Waals surface area contributed by atoms with Gasteiger partial charge in [-0.1, -0.05) is 0 Å². The van der Waals surface area contributed by atoms with Crippen molar-refractivity contribution in [2.45, 2.75) is 12.8 Å². The highest BCUT2D eigenvalue weighted by Crippen LogP contribution is 2.29. The van der Waals surface area contributed by atoms with E-state index >= 15 is 0 Å². The number of hydrogen-bond donors (Lipinski definition) is 0. The van der Waals surface area contributed by atoms with E-state index in [0.29, 0.717) is 0 Å². The molecule has 0 radical (unpaired) electrons. The SMILES string of the molecule is CN(CC1CC1)C(=O)n1cc[n+](C)c1. The van der Waals surface area contributed by atoms with Crippen LogP contribution in [0.2, 0.25) is 0 Å². The largest absolute Gasteiger partial charge is 0.415 e. The second-order valence-corrected chi connectivity index (χ2v) is 4.09. The van der Waals surface area contributed by atoms with Crippen molar-refractivity contribution in [1.82, 2.24) is 9.47 Å². The zero-order chi connectivity index (χ0) is 10.1. The van der Waals surface area contributed by atoms with E-state index in [4.69, 9.17) is 0 Å². The average molecular weight is 194 g/mol. The summed E-state index contributed by atoms with van der Waals surface area (Å²) in [5.74, 6) is 0.744. The molecule has 1 aliphatic carbocycles. The van der Waals surface area contributed by atoms with E-state index in [1.807, 2.05) is 24.9 Å². The van der Waals surface area contributed by atoms with Gasteiger partial charge in [0, 0.05) is 13.6 Å². The highest BCUT2D eigenvalue weighted by Gasteiger charge is 2.26. The lowest BCUT2D eigenvalue weighted by atomic mass is 10.4. The Morgan fingerprint density at radius 3 is 2.86 bits per heavy atom. The van der Waals surface area contributed by atoms with Gasteiger partial charge in [-0.25, -0.2) is 9.36 Å². The van der Waals surface area contributed by atoms with Crippen molar-refractivity contribution in [3.05, 3.63) is 18.7 Å². The van der Waals surface area contributed by atoms with Crippen LogP contribution in [0.1, 0.15) is 12.8 Å². The molecule has 1 aromatic rings. The van der Waals surface area contributed by atoms with Crippen molar-refractivity contribution in [3.63, 3.8) is 0 Å². The van der Waals surface area contributed by atoms with Gasteiger partial charge in [-0.05, 0) is 18.8 Å². The molecule has 0 aromatic carbocycles. The first kappa shape index (κ1) is 9.24. The van der Waals surface area contributed by atoms with E-state index in [0.717, 1.165) is 12.5 Å². The second kappa shape index (κ2) is 3.44. The minimum Gasteiger partial charge on any atom is -0.307 e. The number of aromatic nitrogens is 2. The number of carbonyl (C=O) groups excluding carboxylic acids is 1. The molecule has 14 heavy (non-hydrogen) atoms. The van der Waals surface area contributed by atoms with Crippen LogP contribution < -0.4 is 4.57 Å². The second-order valence-electron chi connectivity index (χ2n) is 4.09. The van der Waals surface area contributed by atoms with Gasteiger partial charge in [-0.2, -0.15) is 4.57 Å². The Bertz CT molecular complexity index is 341. The zero-order valence-corrected chi connectivity index (χ0v) is 8.68. The molecular formula is C10H16N3O+. The molecule has 1 saturated carbocycles. The molecular weight excluding hydrogens is 178 g/mol. The van der Waals surface area contributed by atoms with E-state index in [9.17, 15) is 4.79 Å². The Hall–Kier alpha value is -1.32. The number of amides is 1. The van der Waals surface area contributed by atoms with Crippen molar-refractivity contribution in [2.75, 3.05) is 13.6 Å². The molecule has 1 heterocycles. The number of nitrogens with zero attached hydrogens (tertiary/aromatic N) is 3. The van der Waals surface area contributed by atoms with E-state index in [2.05, 4.69) is 0 Å². The maximum absolute atomic E-state index is 11.8. The maximum Gasteiger partial charge on any atom is 0.415 e. The van der Waals surface area contributed by atoms with Crippen LogP contribution in [0.25, 0.3) is 0 Å². The molecule has 0 spiro atoms. The Balaban J connectivity index is 1.99. The monoisotopic (exact) mass is 194 g/mol. The minimum atomic E-state index is 0.0532. The van der Waals surface area contributed by atoms with E-state index in [1.54, 1.807) is 22.0 Å². The van der Waals surface area contributed by atoms with Crippen molar-refractivity contribution < 1.29 is 9.36 Å². The summed E-state index contributed by atoms with van der Waals surface area (Å²) >= 11 is 0. The predicted octanol–water partition coefficient (Wildman–Crippen LogP) is 0.622. The summed E-state index contributed by atoms with van der Waals surface area (Å²) in [6.07, 6.45) is 7.98. The molecule has 0 N–H and O–H groups in total. The van der Waals surface area contributed by atoms with Crippen LogP contribution in [0.4, 0.5) is 4.79 Å². The summed E-state index contributed by atoms with van der Waals surface area (Å²) in [5, 5.41) is 0. The summed E-state index contributed by atoms with van der Waals surface area (Å²) < 4.78 is 3.48. The van der Waals surface area contributed by atoms with E-state index in [1.165, 1.54) is 12.8 Å². The Labute approximate surface area is 83.8 Å². The molecule has 4 heteroatoms. The quantitative estimate of drug-likeness (QED) is 0.635. The van der Waals surface area contributed by atoms with Crippen LogP contribution in [0, 0.1) is 5.92 Å². The van der Waals surface area contributed by atoms with Crippen LogP contribution in [0.3, 0.4) is 0 Å². The molecule has 1 aliphatic rings. The van der Waals surface area contributed by atoms with Gasteiger partial charge >= 0.3 is 6.03 Å². The molecule has 1 aromatic heterocycles. The third-order valence-electron chi connectivity index (χ3n) is 2.55. The molecule has 0 bridgehead atoms. The fraction of sp³-hybridized carbons (Fsp3) is 0.600. The predicted molar refractivity (Wildman–Crippen MR) is 51.8 cm³/mol. The first-order valence-corrected chi connectivity index (χ1v) is 4.95. The highest BCUT2D eigenvalue weighted by atomic mass is 16.2. The lowest BCUT2D eigenvalue weighted by molar-refractivity contribution is -0.670. The summed E-state index contributed by atoms with van der Waals surface area (Å²) in [5.41, 5.74) is 0.